The van der Waals surface area contributed by atoms with Gasteiger partial charge in [-0.05, 0) is 53.6 Å². The fraction of sp³-hybridized carbons (Fsp3) is 0.192. The number of hydrogen-bond donors (Lipinski definition) is 1. The molecule has 0 saturated heterocycles. The van der Waals surface area contributed by atoms with Crippen LogP contribution in [-0.2, 0) is 11.4 Å². The number of nitrogens with zero attached hydrogens (tertiary/aromatic N) is 4. The first-order valence-electron chi connectivity index (χ1n) is 11.3. The van der Waals surface area contributed by atoms with Crippen LogP contribution in [0.5, 0.6) is 17.2 Å². The first kappa shape index (κ1) is 25.5. The molecule has 10 nitrogen and oxygen atoms in total. The summed E-state index contributed by atoms with van der Waals surface area (Å²) in [5, 5.41) is 23.0. The molecule has 1 N–H and O–H groups in total. The fourth-order valence-electron chi connectivity index (χ4n) is 3.20. The van der Waals surface area contributed by atoms with E-state index in [9.17, 15) is 4.79 Å². The third kappa shape index (κ3) is 7.46. The Morgan fingerprint density at radius 2 is 1.95 bits per heavy atom. The lowest BCUT2D eigenvalue weighted by Crippen LogP contribution is -2.19. The largest absolute Gasteiger partial charge is 0.490 e. The molecule has 1 heterocycles. The van der Waals surface area contributed by atoms with Crippen molar-refractivity contribution >= 4 is 34.7 Å². The zero-order valence-electron chi connectivity index (χ0n) is 19.9. The summed E-state index contributed by atoms with van der Waals surface area (Å²) in [6.07, 6.45) is 1.48. The molecule has 0 aliphatic heterocycles. The highest BCUT2D eigenvalue weighted by Crippen LogP contribution is 2.28. The van der Waals surface area contributed by atoms with Gasteiger partial charge in [0, 0.05) is 0 Å². The minimum absolute atomic E-state index is 0.0373. The lowest BCUT2D eigenvalue weighted by molar-refractivity contribution is -0.118. The molecular formula is C26H23N5O5S. The number of ether oxygens (including phenoxy) is 3. The van der Waals surface area contributed by atoms with Crippen molar-refractivity contribution in [2.24, 2.45) is 5.10 Å². The van der Waals surface area contributed by atoms with Gasteiger partial charge < -0.3 is 18.6 Å². The Labute approximate surface area is 217 Å². The third-order valence-electron chi connectivity index (χ3n) is 4.82. The van der Waals surface area contributed by atoms with Crippen LogP contribution in [0.2, 0.25) is 0 Å². The van der Waals surface area contributed by atoms with Crippen molar-refractivity contribution in [3.8, 4) is 23.3 Å². The van der Waals surface area contributed by atoms with Gasteiger partial charge in [0.05, 0.1) is 18.6 Å². The van der Waals surface area contributed by atoms with Crippen molar-refractivity contribution in [2.75, 3.05) is 19.0 Å². The molecule has 4 rings (SSSR count). The average molecular weight is 518 g/mol. The van der Waals surface area contributed by atoms with Crippen LogP contribution < -0.4 is 19.6 Å². The zero-order chi connectivity index (χ0) is 25.9. The summed E-state index contributed by atoms with van der Waals surface area (Å²) in [5.41, 5.74) is 3.14. The van der Waals surface area contributed by atoms with Crippen LogP contribution in [0.3, 0.4) is 0 Å². The van der Waals surface area contributed by atoms with E-state index in [1.165, 1.54) is 6.21 Å². The SMILES string of the molecule is CCOc1cc(/C=N/NC(=O)CSc2nnc(COc3ccc4ccccc4c3)o2)ccc1OCC#N. The summed E-state index contributed by atoms with van der Waals surface area (Å²) >= 11 is 1.09. The Morgan fingerprint density at radius 3 is 2.78 bits per heavy atom. The Balaban J connectivity index is 1.23. The molecule has 0 saturated carbocycles. The van der Waals surface area contributed by atoms with E-state index in [0.29, 0.717) is 35.3 Å². The quantitative estimate of drug-likeness (QED) is 0.165. The molecule has 0 aliphatic rings. The first-order valence-corrected chi connectivity index (χ1v) is 12.3. The molecule has 0 spiro atoms. The molecule has 0 bridgehead atoms. The second-order valence-electron chi connectivity index (χ2n) is 7.43. The topological polar surface area (TPSA) is 132 Å². The minimum Gasteiger partial charge on any atom is -0.490 e. The minimum atomic E-state index is -0.340. The number of hydrogen-bond acceptors (Lipinski definition) is 10. The molecule has 0 atom stereocenters. The summed E-state index contributed by atoms with van der Waals surface area (Å²) in [5.74, 6) is 1.65. The van der Waals surface area contributed by atoms with Crippen LogP contribution in [0, 0.1) is 11.3 Å². The van der Waals surface area contributed by atoms with Gasteiger partial charge in [-0.25, -0.2) is 5.43 Å². The Bertz CT molecular complexity index is 1430. The summed E-state index contributed by atoms with van der Waals surface area (Å²) in [7, 11) is 0. The molecule has 11 heteroatoms. The molecule has 0 unspecified atom stereocenters. The molecule has 1 amide bonds. The number of fused-ring (bicyclic) bond motifs is 1. The number of hydrazone groups is 1. The van der Waals surface area contributed by atoms with Crippen molar-refractivity contribution in [1.82, 2.24) is 15.6 Å². The molecule has 188 valence electrons. The van der Waals surface area contributed by atoms with Crippen LogP contribution in [0.1, 0.15) is 18.4 Å². The van der Waals surface area contributed by atoms with Crippen molar-refractivity contribution in [2.45, 2.75) is 18.8 Å². The van der Waals surface area contributed by atoms with E-state index >= 15 is 0 Å². The van der Waals surface area contributed by atoms with E-state index < -0.39 is 0 Å². The van der Waals surface area contributed by atoms with Crippen molar-refractivity contribution in [3.05, 3.63) is 72.1 Å². The lowest BCUT2D eigenvalue weighted by atomic mass is 10.1. The van der Waals surface area contributed by atoms with E-state index in [1.54, 1.807) is 18.2 Å². The maximum atomic E-state index is 12.1. The first-order chi connectivity index (χ1) is 18.1. The normalized spacial score (nSPS) is 10.8. The second-order valence-corrected chi connectivity index (χ2v) is 8.35. The van der Waals surface area contributed by atoms with Crippen LogP contribution in [-0.4, -0.2) is 41.3 Å². The van der Waals surface area contributed by atoms with Gasteiger partial charge in [-0.3, -0.25) is 4.79 Å². The van der Waals surface area contributed by atoms with Gasteiger partial charge in [0.15, 0.2) is 24.7 Å². The van der Waals surface area contributed by atoms with E-state index in [-0.39, 0.29) is 30.1 Å². The van der Waals surface area contributed by atoms with Gasteiger partial charge in [0.1, 0.15) is 11.8 Å². The highest BCUT2D eigenvalue weighted by molar-refractivity contribution is 7.99. The Kier molecular flexibility index (Phi) is 8.93. The van der Waals surface area contributed by atoms with Gasteiger partial charge in [-0.1, -0.05) is 42.1 Å². The van der Waals surface area contributed by atoms with Crippen LogP contribution >= 0.6 is 11.8 Å². The predicted molar refractivity (Wildman–Crippen MR) is 138 cm³/mol. The molecule has 3 aromatic carbocycles. The summed E-state index contributed by atoms with van der Waals surface area (Å²) < 4.78 is 22.2. The maximum absolute atomic E-state index is 12.1. The molecule has 0 aliphatic carbocycles. The summed E-state index contributed by atoms with van der Waals surface area (Å²) in [4.78, 5) is 12.1. The number of carbonyl (C=O) groups is 1. The second kappa shape index (κ2) is 12.9. The lowest BCUT2D eigenvalue weighted by Gasteiger charge is -2.10. The molecule has 1 aromatic heterocycles. The Hall–Kier alpha value is -4.56. The summed E-state index contributed by atoms with van der Waals surface area (Å²) in [6.45, 7) is 2.31. The maximum Gasteiger partial charge on any atom is 0.277 e. The smallest absolute Gasteiger partial charge is 0.277 e. The molecule has 0 radical (unpaired) electrons. The van der Waals surface area contributed by atoms with E-state index in [2.05, 4.69) is 20.7 Å². The van der Waals surface area contributed by atoms with Crippen LogP contribution in [0.4, 0.5) is 0 Å². The monoisotopic (exact) mass is 517 g/mol. The van der Waals surface area contributed by atoms with Gasteiger partial charge in [0.25, 0.3) is 17.0 Å². The standard InChI is InChI=1S/C26H23N5O5S/c1-2-33-23-13-18(7-10-22(23)34-12-11-27)15-28-29-24(32)17-37-26-31-30-25(36-26)16-35-21-9-8-19-5-3-4-6-20(19)14-21/h3-10,13-15H,2,12,16-17H2,1H3,(H,29,32)/b28-15+. The fourth-order valence-corrected chi connectivity index (χ4v) is 3.77. The number of thioether (sulfide) groups is 1. The molecule has 37 heavy (non-hydrogen) atoms. The average Bonchev–Trinajstić information content (AvgIpc) is 3.38. The molecule has 0 fully saturated rings. The molecular weight excluding hydrogens is 494 g/mol. The van der Waals surface area contributed by atoms with Gasteiger partial charge in [-0.2, -0.15) is 10.4 Å². The Morgan fingerprint density at radius 1 is 1.08 bits per heavy atom. The number of benzene rings is 3. The van der Waals surface area contributed by atoms with Crippen molar-refractivity contribution < 1.29 is 23.4 Å². The number of nitriles is 1. The van der Waals surface area contributed by atoms with E-state index in [0.717, 1.165) is 22.5 Å². The van der Waals surface area contributed by atoms with Gasteiger partial charge in [-0.15, -0.1) is 10.2 Å². The highest BCUT2D eigenvalue weighted by Gasteiger charge is 2.11. The highest BCUT2D eigenvalue weighted by atomic mass is 32.2. The van der Waals surface area contributed by atoms with Crippen molar-refractivity contribution in [3.63, 3.8) is 0 Å². The number of amides is 1. The predicted octanol–water partition coefficient (Wildman–Crippen LogP) is 4.35. The van der Waals surface area contributed by atoms with Gasteiger partial charge in [0.2, 0.25) is 0 Å². The van der Waals surface area contributed by atoms with Crippen LogP contribution in [0.15, 0.2) is 75.4 Å². The zero-order valence-corrected chi connectivity index (χ0v) is 20.7. The molecule has 4 aromatic rings. The van der Waals surface area contributed by atoms with E-state index in [4.69, 9.17) is 23.9 Å². The van der Waals surface area contributed by atoms with Gasteiger partial charge >= 0.3 is 0 Å². The number of rotatable bonds is 12. The third-order valence-corrected chi connectivity index (χ3v) is 5.64. The van der Waals surface area contributed by atoms with Crippen molar-refractivity contribution in [1.29, 1.82) is 5.26 Å². The number of nitrogens with one attached hydrogen (secondary N) is 1. The van der Waals surface area contributed by atoms with Crippen LogP contribution in [0.25, 0.3) is 10.8 Å². The summed E-state index contributed by atoms with van der Waals surface area (Å²) in [6, 6.07) is 20.9. The number of carbonyl (C=O) groups excluding carboxylic acids is 1. The van der Waals surface area contributed by atoms with E-state index in [1.807, 2.05) is 55.5 Å². The number of aromatic nitrogens is 2.